The summed E-state index contributed by atoms with van der Waals surface area (Å²) in [5.74, 6) is 1.40. The molecule has 0 atom stereocenters. The monoisotopic (exact) mass is 222 g/mol. The lowest BCUT2D eigenvalue weighted by Crippen LogP contribution is -2.01. The number of rotatable bonds is 2. The number of hydrogen-bond donors (Lipinski definition) is 0. The van der Waals surface area contributed by atoms with Gasteiger partial charge in [-0.15, -0.1) is 15.3 Å². The highest BCUT2D eigenvalue weighted by Crippen LogP contribution is 2.33. The normalized spacial score (nSPS) is 17.6. The van der Waals surface area contributed by atoms with E-state index in [1.807, 2.05) is 0 Å². The van der Waals surface area contributed by atoms with Gasteiger partial charge in [-0.1, -0.05) is 24.2 Å². The molecule has 1 fully saturated rings. The molecule has 15 heavy (non-hydrogen) atoms. The van der Waals surface area contributed by atoms with E-state index >= 15 is 0 Å². The van der Waals surface area contributed by atoms with Gasteiger partial charge in [0.1, 0.15) is 0 Å². The molecule has 0 radical (unpaired) electrons. The second-order valence-corrected chi connectivity index (χ2v) is 4.78. The molecule has 0 bridgehead atoms. The number of nitrogens with zero attached hydrogens (tertiary/aromatic N) is 4. The molecule has 0 aliphatic heterocycles. The Morgan fingerprint density at radius 3 is 2.87 bits per heavy atom. The molecular formula is C9H10N4OS. The number of carbonyl (C=O) groups is 1. The van der Waals surface area contributed by atoms with Gasteiger partial charge in [0.05, 0.1) is 0 Å². The van der Waals surface area contributed by atoms with E-state index in [1.54, 1.807) is 4.52 Å². The largest absolute Gasteiger partial charge is 0.295 e. The van der Waals surface area contributed by atoms with Crippen molar-refractivity contribution in [1.29, 1.82) is 0 Å². The first-order chi connectivity index (χ1) is 7.38. The first-order valence-electron chi connectivity index (χ1n) is 5.06. The van der Waals surface area contributed by atoms with E-state index in [9.17, 15) is 4.79 Å². The zero-order valence-electron chi connectivity index (χ0n) is 8.09. The van der Waals surface area contributed by atoms with Crippen LogP contribution < -0.4 is 0 Å². The molecule has 1 aliphatic rings. The van der Waals surface area contributed by atoms with Crippen LogP contribution in [0.1, 0.15) is 47.2 Å². The van der Waals surface area contributed by atoms with Crippen LogP contribution >= 0.6 is 11.3 Å². The summed E-state index contributed by atoms with van der Waals surface area (Å²) in [6.45, 7) is 0. The summed E-state index contributed by atoms with van der Waals surface area (Å²) < 4.78 is 1.73. The van der Waals surface area contributed by atoms with Crippen molar-refractivity contribution in [2.45, 2.75) is 31.6 Å². The van der Waals surface area contributed by atoms with Gasteiger partial charge in [-0.05, 0) is 12.8 Å². The Kier molecular flexibility index (Phi) is 2.02. The molecule has 6 heteroatoms. The van der Waals surface area contributed by atoms with Crippen molar-refractivity contribution in [1.82, 2.24) is 19.8 Å². The smallest absolute Gasteiger partial charge is 0.235 e. The maximum atomic E-state index is 10.6. The summed E-state index contributed by atoms with van der Waals surface area (Å²) in [4.78, 5) is 11.3. The molecule has 3 rings (SSSR count). The van der Waals surface area contributed by atoms with Crippen LogP contribution in [-0.4, -0.2) is 26.1 Å². The molecule has 5 nitrogen and oxygen atoms in total. The number of fused-ring (bicyclic) bond motifs is 1. The molecule has 1 saturated carbocycles. The van der Waals surface area contributed by atoms with Crippen molar-refractivity contribution < 1.29 is 4.79 Å². The lowest BCUT2D eigenvalue weighted by molar-refractivity contribution is 0.112. The van der Waals surface area contributed by atoms with E-state index in [0.717, 1.165) is 29.9 Å². The molecule has 0 N–H and O–H groups in total. The van der Waals surface area contributed by atoms with E-state index in [1.165, 1.54) is 24.2 Å². The van der Waals surface area contributed by atoms with Gasteiger partial charge in [0.15, 0.2) is 17.1 Å². The highest BCUT2D eigenvalue weighted by Gasteiger charge is 2.23. The van der Waals surface area contributed by atoms with Crippen molar-refractivity contribution in [3.63, 3.8) is 0 Å². The van der Waals surface area contributed by atoms with Crippen LogP contribution in [0.2, 0.25) is 0 Å². The molecule has 0 saturated heterocycles. The summed E-state index contributed by atoms with van der Waals surface area (Å²) in [6, 6.07) is 0. The van der Waals surface area contributed by atoms with Gasteiger partial charge in [0.25, 0.3) is 0 Å². The van der Waals surface area contributed by atoms with Crippen molar-refractivity contribution >= 4 is 22.6 Å². The third-order valence-electron chi connectivity index (χ3n) is 2.85. The summed E-state index contributed by atoms with van der Waals surface area (Å²) in [7, 11) is 0. The SMILES string of the molecule is O=Cc1nn2c(C3CCCC3)nnc2s1. The highest BCUT2D eigenvalue weighted by atomic mass is 32.1. The van der Waals surface area contributed by atoms with Gasteiger partial charge >= 0.3 is 0 Å². The molecule has 2 heterocycles. The van der Waals surface area contributed by atoms with Crippen LogP contribution in [0.3, 0.4) is 0 Å². The summed E-state index contributed by atoms with van der Waals surface area (Å²) in [6.07, 6.45) is 5.59. The topological polar surface area (TPSA) is 60.2 Å². The van der Waals surface area contributed by atoms with Crippen molar-refractivity contribution in [3.05, 3.63) is 10.8 Å². The molecule has 2 aromatic rings. The van der Waals surface area contributed by atoms with Gasteiger partial charge in [-0.3, -0.25) is 4.79 Å². The van der Waals surface area contributed by atoms with E-state index in [4.69, 9.17) is 0 Å². The molecule has 0 amide bonds. The van der Waals surface area contributed by atoms with Crippen LogP contribution in [0.25, 0.3) is 4.96 Å². The van der Waals surface area contributed by atoms with Crippen LogP contribution in [0.15, 0.2) is 0 Å². The lowest BCUT2D eigenvalue weighted by atomic mass is 10.1. The average molecular weight is 222 g/mol. The van der Waals surface area contributed by atoms with Gasteiger partial charge in [-0.25, -0.2) is 0 Å². The van der Waals surface area contributed by atoms with Gasteiger partial charge < -0.3 is 0 Å². The van der Waals surface area contributed by atoms with Crippen LogP contribution in [0.5, 0.6) is 0 Å². The Bertz CT molecular complexity index is 497. The van der Waals surface area contributed by atoms with E-state index < -0.39 is 0 Å². The molecular weight excluding hydrogens is 212 g/mol. The first kappa shape index (κ1) is 8.96. The average Bonchev–Trinajstić information content (AvgIpc) is 2.92. The first-order valence-corrected chi connectivity index (χ1v) is 5.87. The molecule has 78 valence electrons. The maximum Gasteiger partial charge on any atom is 0.235 e. The minimum atomic E-state index is 0.471. The fraction of sp³-hybridized carbons (Fsp3) is 0.556. The molecule has 1 aliphatic carbocycles. The summed E-state index contributed by atoms with van der Waals surface area (Å²) >= 11 is 1.29. The van der Waals surface area contributed by atoms with Crippen LogP contribution in [-0.2, 0) is 0 Å². The van der Waals surface area contributed by atoms with Crippen molar-refractivity contribution in [3.8, 4) is 0 Å². The van der Waals surface area contributed by atoms with Gasteiger partial charge in [-0.2, -0.15) is 4.52 Å². The zero-order valence-corrected chi connectivity index (χ0v) is 8.90. The van der Waals surface area contributed by atoms with Gasteiger partial charge in [0, 0.05) is 5.92 Å². The summed E-state index contributed by atoms with van der Waals surface area (Å²) in [5.41, 5.74) is 0. The van der Waals surface area contributed by atoms with E-state index in [-0.39, 0.29) is 0 Å². The van der Waals surface area contributed by atoms with Crippen molar-refractivity contribution in [2.24, 2.45) is 0 Å². The Hall–Kier alpha value is -1.30. The highest BCUT2D eigenvalue weighted by molar-refractivity contribution is 7.18. The standard InChI is InChI=1S/C9H10N4OS/c14-5-7-12-13-8(6-3-1-2-4-6)10-11-9(13)15-7/h5-6H,1-4H2. The molecule has 2 aromatic heterocycles. The van der Waals surface area contributed by atoms with Crippen LogP contribution in [0.4, 0.5) is 0 Å². The third kappa shape index (κ3) is 1.36. The van der Waals surface area contributed by atoms with Crippen molar-refractivity contribution in [2.75, 3.05) is 0 Å². The quantitative estimate of drug-likeness (QED) is 0.725. The molecule has 0 spiro atoms. The number of aldehydes is 1. The van der Waals surface area contributed by atoms with Gasteiger partial charge in [0.2, 0.25) is 4.96 Å². The molecule has 0 unspecified atom stereocenters. The lowest BCUT2D eigenvalue weighted by Gasteiger charge is -2.02. The third-order valence-corrected chi connectivity index (χ3v) is 3.68. The maximum absolute atomic E-state index is 10.6. The predicted molar refractivity (Wildman–Crippen MR) is 55.3 cm³/mol. The fourth-order valence-corrected chi connectivity index (χ4v) is 2.79. The Labute approximate surface area is 90.1 Å². The summed E-state index contributed by atoms with van der Waals surface area (Å²) in [5, 5.41) is 12.8. The number of hydrogen-bond acceptors (Lipinski definition) is 5. The second kappa shape index (κ2) is 3.37. The number of carbonyl (C=O) groups excluding carboxylic acids is 1. The Morgan fingerprint density at radius 1 is 1.33 bits per heavy atom. The zero-order chi connectivity index (χ0) is 10.3. The second-order valence-electron chi connectivity index (χ2n) is 3.79. The van der Waals surface area contributed by atoms with E-state index in [0.29, 0.717) is 10.9 Å². The molecule has 0 aromatic carbocycles. The minimum Gasteiger partial charge on any atom is -0.295 e. The van der Waals surface area contributed by atoms with Crippen LogP contribution in [0, 0.1) is 0 Å². The van der Waals surface area contributed by atoms with E-state index in [2.05, 4.69) is 15.3 Å². The Balaban J connectivity index is 2.09. The number of aromatic nitrogens is 4. The minimum absolute atomic E-state index is 0.471. The Morgan fingerprint density at radius 2 is 2.13 bits per heavy atom. The predicted octanol–water partition coefficient (Wildman–Crippen LogP) is 1.66. The fourth-order valence-electron chi connectivity index (χ4n) is 2.13.